The SMILES string of the molecule is CN(Cc1nncn1C)CC1CCCNC1. The fraction of sp³-hybridized carbons (Fsp3) is 0.818. The average molecular weight is 223 g/mol. The minimum atomic E-state index is 0.784. The van der Waals surface area contributed by atoms with Gasteiger partial charge in [0.05, 0.1) is 6.54 Å². The lowest BCUT2D eigenvalue weighted by Gasteiger charge is -2.27. The van der Waals surface area contributed by atoms with Crippen LogP contribution in [0, 0.1) is 5.92 Å². The predicted octanol–water partition coefficient (Wildman–Crippen LogP) is 0.246. The van der Waals surface area contributed by atoms with Gasteiger partial charge in [0, 0.05) is 13.6 Å². The second kappa shape index (κ2) is 5.41. The van der Waals surface area contributed by atoms with Gasteiger partial charge in [0.25, 0.3) is 0 Å². The Labute approximate surface area is 96.8 Å². The summed E-state index contributed by atoms with van der Waals surface area (Å²) in [6.07, 6.45) is 4.41. The summed E-state index contributed by atoms with van der Waals surface area (Å²) in [7, 11) is 4.15. The van der Waals surface area contributed by atoms with Crippen molar-refractivity contribution in [3.05, 3.63) is 12.2 Å². The van der Waals surface area contributed by atoms with Gasteiger partial charge in [-0.05, 0) is 38.9 Å². The summed E-state index contributed by atoms with van der Waals surface area (Å²) in [5.74, 6) is 1.82. The van der Waals surface area contributed by atoms with Gasteiger partial charge >= 0.3 is 0 Å². The van der Waals surface area contributed by atoms with Crippen molar-refractivity contribution >= 4 is 0 Å². The summed E-state index contributed by atoms with van der Waals surface area (Å²) < 4.78 is 1.98. The van der Waals surface area contributed by atoms with Crippen LogP contribution in [0.4, 0.5) is 0 Å². The molecule has 16 heavy (non-hydrogen) atoms. The van der Waals surface area contributed by atoms with Crippen LogP contribution in [0.2, 0.25) is 0 Å². The highest BCUT2D eigenvalue weighted by molar-refractivity contribution is 4.84. The molecule has 1 aromatic heterocycles. The van der Waals surface area contributed by atoms with Crippen molar-refractivity contribution in [2.75, 3.05) is 26.7 Å². The first kappa shape index (κ1) is 11.5. The first-order valence-electron chi connectivity index (χ1n) is 5.98. The molecule has 0 aromatic carbocycles. The Morgan fingerprint density at radius 2 is 2.50 bits per heavy atom. The van der Waals surface area contributed by atoms with Gasteiger partial charge < -0.3 is 9.88 Å². The maximum Gasteiger partial charge on any atom is 0.146 e. The number of rotatable bonds is 4. The van der Waals surface area contributed by atoms with Crippen LogP contribution in [0.15, 0.2) is 6.33 Å². The second-order valence-corrected chi connectivity index (χ2v) is 4.77. The van der Waals surface area contributed by atoms with Gasteiger partial charge in [0.15, 0.2) is 0 Å². The van der Waals surface area contributed by atoms with Gasteiger partial charge in [-0.15, -0.1) is 10.2 Å². The zero-order valence-corrected chi connectivity index (χ0v) is 10.2. The molecule has 1 N–H and O–H groups in total. The Morgan fingerprint density at radius 1 is 1.62 bits per heavy atom. The maximum atomic E-state index is 4.10. The van der Waals surface area contributed by atoms with E-state index in [2.05, 4.69) is 27.5 Å². The zero-order chi connectivity index (χ0) is 11.4. The molecule has 1 saturated heterocycles. The van der Waals surface area contributed by atoms with Crippen molar-refractivity contribution in [1.29, 1.82) is 0 Å². The molecular weight excluding hydrogens is 202 g/mol. The van der Waals surface area contributed by atoms with E-state index >= 15 is 0 Å². The summed E-state index contributed by atoms with van der Waals surface area (Å²) in [6.45, 7) is 4.36. The van der Waals surface area contributed by atoms with Crippen LogP contribution in [0.3, 0.4) is 0 Å². The van der Waals surface area contributed by atoms with E-state index in [4.69, 9.17) is 0 Å². The molecule has 1 fully saturated rings. The molecule has 0 aliphatic carbocycles. The molecule has 0 saturated carbocycles. The van der Waals surface area contributed by atoms with E-state index in [0.717, 1.165) is 31.4 Å². The van der Waals surface area contributed by atoms with Crippen LogP contribution in [0.5, 0.6) is 0 Å². The van der Waals surface area contributed by atoms with Crippen LogP contribution in [-0.4, -0.2) is 46.3 Å². The van der Waals surface area contributed by atoms with Gasteiger partial charge in [-0.25, -0.2) is 0 Å². The third kappa shape index (κ3) is 3.02. The van der Waals surface area contributed by atoms with Crippen LogP contribution in [0.25, 0.3) is 0 Å². The minimum absolute atomic E-state index is 0.784. The van der Waals surface area contributed by atoms with Crippen molar-refractivity contribution in [1.82, 2.24) is 25.0 Å². The fourth-order valence-corrected chi connectivity index (χ4v) is 2.28. The maximum absolute atomic E-state index is 4.10. The second-order valence-electron chi connectivity index (χ2n) is 4.77. The lowest BCUT2D eigenvalue weighted by atomic mass is 9.99. The Balaban J connectivity index is 1.79. The molecule has 1 aliphatic heterocycles. The minimum Gasteiger partial charge on any atom is -0.320 e. The summed E-state index contributed by atoms with van der Waals surface area (Å²) in [6, 6.07) is 0. The number of hydrogen-bond donors (Lipinski definition) is 1. The number of aromatic nitrogens is 3. The fourth-order valence-electron chi connectivity index (χ4n) is 2.28. The van der Waals surface area contributed by atoms with Gasteiger partial charge in [-0.1, -0.05) is 0 Å². The van der Waals surface area contributed by atoms with E-state index in [-0.39, 0.29) is 0 Å². The highest BCUT2D eigenvalue weighted by Gasteiger charge is 2.15. The van der Waals surface area contributed by atoms with Crippen molar-refractivity contribution in [2.24, 2.45) is 13.0 Å². The molecule has 1 aliphatic rings. The normalized spacial score (nSPS) is 21.6. The highest BCUT2D eigenvalue weighted by atomic mass is 15.3. The van der Waals surface area contributed by atoms with E-state index < -0.39 is 0 Å². The molecule has 5 heteroatoms. The predicted molar refractivity (Wildman–Crippen MR) is 62.9 cm³/mol. The molecule has 1 aromatic rings. The standard InChI is InChI=1S/C11H21N5/c1-15(7-10-4-3-5-12-6-10)8-11-14-13-9-16(11)2/h9-10,12H,3-8H2,1-2H3. The van der Waals surface area contributed by atoms with Gasteiger partial charge in [0.1, 0.15) is 12.2 Å². The average Bonchev–Trinajstić information content (AvgIpc) is 2.66. The molecule has 1 unspecified atom stereocenters. The number of piperidine rings is 1. The zero-order valence-electron chi connectivity index (χ0n) is 10.2. The largest absolute Gasteiger partial charge is 0.320 e. The van der Waals surface area contributed by atoms with Gasteiger partial charge in [-0.3, -0.25) is 4.90 Å². The van der Waals surface area contributed by atoms with E-state index in [0.29, 0.717) is 0 Å². The van der Waals surface area contributed by atoms with E-state index in [1.54, 1.807) is 6.33 Å². The van der Waals surface area contributed by atoms with Crippen molar-refractivity contribution in [3.8, 4) is 0 Å². The summed E-state index contributed by atoms with van der Waals surface area (Å²) in [4.78, 5) is 2.34. The van der Waals surface area contributed by atoms with Crippen molar-refractivity contribution < 1.29 is 0 Å². The number of aryl methyl sites for hydroxylation is 1. The Bertz CT molecular complexity index is 316. The summed E-state index contributed by atoms with van der Waals surface area (Å²) in [5.41, 5.74) is 0. The van der Waals surface area contributed by atoms with Crippen LogP contribution >= 0.6 is 0 Å². The molecular formula is C11H21N5. The molecule has 0 bridgehead atoms. The van der Waals surface area contributed by atoms with E-state index in [1.165, 1.54) is 19.4 Å². The van der Waals surface area contributed by atoms with Gasteiger partial charge in [0.2, 0.25) is 0 Å². The monoisotopic (exact) mass is 223 g/mol. The Kier molecular flexibility index (Phi) is 3.90. The van der Waals surface area contributed by atoms with Gasteiger partial charge in [-0.2, -0.15) is 0 Å². The molecule has 90 valence electrons. The number of nitrogens with one attached hydrogen (secondary N) is 1. The molecule has 2 heterocycles. The molecule has 2 rings (SSSR count). The topological polar surface area (TPSA) is 46.0 Å². The first-order valence-corrected chi connectivity index (χ1v) is 5.98. The number of nitrogens with zero attached hydrogens (tertiary/aromatic N) is 4. The van der Waals surface area contributed by atoms with Crippen molar-refractivity contribution in [2.45, 2.75) is 19.4 Å². The third-order valence-corrected chi connectivity index (χ3v) is 3.19. The smallest absolute Gasteiger partial charge is 0.146 e. The molecule has 1 atom stereocenters. The highest BCUT2D eigenvalue weighted by Crippen LogP contribution is 2.11. The quantitative estimate of drug-likeness (QED) is 0.794. The molecule has 0 radical (unpaired) electrons. The Hall–Kier alpha value is -0.940. The lowest BCUT2D eigenvalue weighted by molar-refractivity contribution is 0.232. The third-order valence-electron chi connectivity index (χ3n) is 3.19. The Morgan fingerprint density at radius 3 is 3.12 bits per heavy atom. The van der Waals surface area contributed by atoms with Crippen LogP contribution < -0.4 is 5.32 Å². The van der Waals surface area contributed by atoms with Crippen LogP contribution in [-0.2, 0) is 13.6 Å². The number of hydrogen-bond acceptors (Lipinski definition) is 4. The van der Waals surface area contributed by atoms with Crippen LogP contribution in [0.1, 0.15) is 18.7 Å². The molecule has 5 nitrogen and oxygen atoms in total. The summed E-state index contributed by atoms with van der Waals surface area (Å²) in [5, 5.41) is 11.5. The first-order chi connectivity index (χ1) is 7.75. The lowest BCUT2D eigenvalue weighted by Crippen LogP contribution is -2.36. The van der Waals surface area contributed by atoms with Crippen molar-refractivity contribution in [3.63, 3.8) is 0 Å². The molecule has 0 spiro atoms. The van der Waals surface area contributed by atoms with E-state index in [9.17, 15) is 0 Å². The van der Waals surface area contributed by atoms with E-state index in [1.807, 2.05) is 11.6 Å². The summed E-state index contributed by atoms with van der Waals surface area (Å²) >= 11 is 0. The molecule has 0 amide bonds.